The van der Waals surface area contributed by atoms with E-state index in [1.165, 1.54) is 0 Å². The first kappa shape index (κ1) is 16.0. The predicted octanol–water partition coefficient (Wildman–Crippen LogP) is 2.84. The minimum absolute atomic E-state index is 0.198. The molecule has 3 N–H and O–H groups in total. The second kappa shape index (κ2) is 6.58. The molecule has 0 aliphatic heterocycles. The maximum absolute atomic E-state index is 12.4. The fourth-order valence-electron chi connectivity index (χ4n) is 2.03. The highest BCUT2D eigenvalue weighted by Crippen LogP contribution is 2.24. The Labute approximate surface area is 130 Å². The molecule has 6 heteroatoms. The highest BCUT2D eigenvalue weighted by atomic mass is 35.5. The number of nitrogens with two attached hydrogens (primary N) is 1. The van der Waals surface area contributed by atoms with E-state index in [1.807, 2.05) is 6.07 Å². The number of rotatable bonds is 5. The lowest BCUT2D eigenvalue weighted by molar-refractivity contribution is 0.567. The van der Waals surface area contributed by atoms with Gasteiger partial charge in [0.1, 0.15) is 0 Å². The molecule has 0 heterocycles. The molecule has 2 aromatic rings. The molecule has 0 aliphatic carbocycles. The molecule has 0 spiro atoms. The highest BCUT2D eigenvalue weighted by Gasteiger charge is 2.19. The van der Waals surface area contributed by atoms with Gasteiger partial charge in [0.25, 0.3) is 0 Å². The van der Waals surface area contributed by atoms with Gasteiger partial charge in [0.05, 0.1) is 4.90 Å². The molecule has 112 valence electrons. The molecule has 21 heavy (non-hydrogen) atoms. The van der Waals surface area contributed by atoms with Crippen LogP contribution in [0.1, 0.15) is 24.1 Å². The quantitative estimate of drug-likeness (QED) is 0.888. The minimum Gasteiger partial charge on any atom is -0.326 e. The Hall–Kier alpha value is -1.40. The zero-order chi connectivity index (χ0) is 15.5. The maximum atomic E-state index is 12.4. The lowest BCUT2D eigenvalue weighted by atomic mass is 10.1. The first-order chi connectivity index (χ1) is 9.94. The van der Waals surface area contributed by atoms with Crippen LogP contribution in [0.25, 0.3) is 0 Å². The Morgan fingerprint density at radius 1 is 1.19 bits per heavy atom. The lowest BCUT2D eigenvalue weighted by Crippen LogP contribution is -2.27. The molecule has 2 rings (SSSR count). The van der Waals surface area contributed by atoms with Gasteiger partial charge in [0.2, 0.25) is 10.0 Å². The number of sulfonamides is 1. The average Bonchev–Trinajstić information content (AvgIpc) is 2.47. The third kappa shape index (κ3) is 3.83. The standard InChI is InChI=1S/C15H17ClN2O2S/c1-11(14-7-2-3-8-15(14)16)18-21(19,20)13-6-4-5-12(9-13)10-17/h2-9,11,18H,10,17H2,1H3. The Morgan fingerprint density at radius 2 is 1.90 bits per heavy atom. The molecule has 0 bridgehead atoms. The number of benzene rings is 2. The summed E-state index contributed by atoms with van der Waals surface area (Å²) in [6, 6.07) is 13.3. The lowest BCUT2D eigenvalue weighted by Gasteiger charge is -2.16. The molecule has 0 saturated heterocycles. The first-order valence-corrected chi connectivity index (χ1v) is 8.36. The summed E-state index contributed by atoms with van der Waals surface area (Å²) in [7, 11) is -3.62. The highest BCUT2D eigenvalue weighted by molar-refractivity contribution is 7.89. The van der Waals surface area contributed by atoms with Crippen molar-refractivity contribution in [1.82, 2.24) is 4.72 Å². The van der Waals surface area contributed by atoms with E-state index in [4.69, 9.17) is 17.3 Å². The van der Waals surface area contributed by atoms with Crippen LogP contribution in [0.2, 0.25) is 5.02 Å². The summed E-state index contributed by atoms with van der Waals surface area (Å²) in [6.07, 6.45) is 0. The Balaban J connectivity index is 2.27. The summed E-state index contributed by atoms with van der Waals surface area (Å²) >= 11 is 6.09. The van der Waals surface area contributed by atoms with Gasteiger partial charge in [-0.25, -0.2) is 13.1 Å². The van der Waals surface area contributed by atoms with Crippen molar-refractivity contribution >= 4 is 21.6 Å². The van der Waals surface area contributed by atoms with E-state index in [2.05, 4.69) is 4.72 Å². The molecular weight excluding hydrogens is 308 g/mol. The van der Waals surface area contributed by atoms with Gasteiger partial charge in [-0.1, -0.05) is 41.9 Å². The topological polar surface area (TPSA) is 72.2 Å². The van der Waals surface area contributed by atoms with Gasteiger partial charge in [-0.05, 0) is 36.2 Å². The third-order valence-electron chi connectivity index (χ3n) is 3.15. The first-order valence-electron chi connectivity index (χ1n) is 6.50. The molecule has 1 atom stereocenters. The second-order valence-electron chi connectivity index (χ2n) is 4.72. The van der Waals surface area contributed by atoms with Crippen LogP contribution in [0.15, 0.2) is 53.4 Å². The largest absolute Gasteiger partial charge is 0.326 e. The Kier molecular flexibility index (Phi) is 5.00. The summed E-state index contributed by atoms with van der Waals surface area (Å²) in [5, 5.41) is 0.531. The third-order valence-corrected chi connectivity index (χ3v) is 5.03. The van der Waals surface area contributed by atoms with Crippen molar-refractivity contribution in [3.05, 3.63) is 64.7 Å². The smallest absolute Gasteiger partial charge is 0.241 e. The molecule has 0 saturated carbocycles. The SMILES string of the molecule is CC(NS(=O)(=O)c1cccc(CN)c1)c1ccccc1Cl. The van der Waals surface area contributed by atoms with Gasteiger partial charge in [0.15, 0.2) is 0 Å². The number of hydrogen-bond acceptors (Lipinski definition) is 3. The molecule has 0 amide bonds. The zero-order valence-corrected chi connectivity index (χ0v) is 13.2. The molecule has 1 unspecified atom stereocenters. The zero-order valence-electron chi connectivity index (χ0n) is 11.6. The van der Waals surface area contributed by atoms with Crippen LogP contribution in [-0.2, 0) is 16.6 Å². The maximum Gasteiger partial charge on any atom is 0.241 e. The summed E-state index contributed by atoms with van der Waals surface area (Å²) in [5.41, 5.74) is 7.04. The van der Waals surface area contributed by atoms with Gasteiger partial charge < -0.3 is 5.73 Å². The van der Waals surface area contributed by atoms with E-state index in [1.54, 1.807) is 49.4 Å². The molecule has 2 aromatic carbocycles. The summed E-state index contributed by atoms with van der Waals surface area (Å²) in [4.78, 5) is 0.198. The van der Waals surface area contributed by atoms with Crippen LogP contribution >= 0.6 is 11.6 Å². The van der Waals surface area contributed by atoms with E-state index < -0.39 is 16.1 Å². The van der Waals surface area contributed by atoms with Crippen molar-refractivity contribution in [2.45, 2.75) is 24.4 Å². The molecule has 0 radical (unpaired) electrons. The van der Waals surface area contributed by atoms with E-state index in [0.717, 1.165) is 11.1 Å². The van der Waals surface area contributed by atoms with Crippen LogP contribution < -0.4 is 10.5 Å². The van der Waals surface area contributed by atoms with Crippen LogP contribution in [0.5, 0.6) is 0 Å². The van der Waals surface area contributed by atoms with Crippen molar-refractivity contribution < 1.29 is 8.42 Å². The number of halogens is 1. The normalized spacial score (nSPS) is 13.1. The average molecular weight is 325 g/mol. The van der Waals surface area contributed by atoms with E-state index in [9.17, 15) is 8.42 Å². The van der Waals surface area contributed by atoms with Crippen LogP contribution in [0.3, 0.4) is 0 Å². The van der Waals surface area contributed by atoms with Crippen molar-refractivity contribution in [3.63, 3.8) is 0 Å². The van der Waals surface area contributed by atoms with Crippen molar-refractivity contribution in [2.24, 2.45) is 5.73 Å². The van der Waals surface area contributed by atoms with Gasteiger partial charge in [-0.2, -0.15) is 0 Å². The fraction of sp³-hybridized carbons (Fsp3) is 0.200. The van der Waals surface area contributed by atoms with Crippen molar-refractivity contribution in [1.29, 1.82) is 0 Å². The number of hydrogen-bond donors (Lipinski definition) is 2. The summed E-state index contributed by atoms with van der Waals surface area (Å²) in [6.45, 7) is 2.05. The van der Waals surface area contributed by atoms with Crippen LogP contribution in [-0.4, -0.2) is 8.42 Å². The van der Waals surface area contributed by atoms with Crippen molar-refractivity contribution in [2.75, 3.05) is 0 Å². The molecule has 0 aromatic heterocycles. The van der Waals surface area contributed by atoms with Gasteiger partial charge in [0, 0.05) is 17.6 Å². The Morgan fingerprint density at radius 3 is 2.57 bits per heavy atom. The fourth-order valence-corrected chi connectivity index (χ4v) is 3.62. The molecule has 0 fully saturated rings. The van der Waals surface area contributed by atoms with Crippen molar-refractivity contribution in [3.8, 4) is 0 Å². The van der Waals surface area contributed by atoms with Crippen LogP contribution in [0, 0.1) is 0 Å². The van der Waals surface area contributed by atoms with E-state index >= 15 is 0 Å². The number of nitrogens with one attached hydrogen (secondary N) is 1. The molecule has 4 nitrogen and oxygen atoms in total. The van der Waals surface area contributed by atoms with Crippen LogP contribution in [0.4, 0.5) is 0 Å². The summed E-state index contributed by atoms with van der Waals surface area (Å²) in [5.74, 6) is 0. The predicted molar refractivity (Wildman–Crippen MR) is 84.5 cm³/mol. The summed E-state index contributed by atoms with van der Waals surface area (Å²) < 4.78 is 27.4. The molecular formula is C15H17ClN2O2S. The van der Waals surface area contributed by atoms with Gasteiger partial charge in [-0.15, -0.1) is 0 Å². The van der Waals surface area contributed by atoms with E-state index in [-0.39, 0.29) is 4.90 Å². The Bertz CT molecular complexity index is 732. The monoisotopic (exact) mass is 324 g/mol. The van der Waals surface area contributed by atoms with E-state index in [0.29, 0.717) is 11.6 Å². The minimum atomic E-state index is -3.62. The van der Waals surface area contributed by atoms with Gasteiger partial charge >= 0.3 is 0 Å². The van der Waals surface area contributed by atoms with Gasteiger partial charge in [-0.3, -0.25) is 0 Å². The second-order valence-corrected chi connectivity index (χ2v) is 6.84. The molecule has 0 aliphatic rings.